The van der Waals surface area contributed by atoms with E-state index in [-0.39, 0.29) is 24.4 Å². The van der Waals surface area contributed by atoms with Gasteiger partial charge in [0.15, 0.2) is 0 Å². The van der Waals surface area contributed by atoms with Gasteiger partial charge in [-0.3, -0.25) is 0 Å². The smallest absolute Gasteiger partial charge is 0.127 e. The van der Waals surface area contributed by atoms with Crippen LogP contribution in [0.1, 0.15) is 12.8 Å². The molecule has 2 N–H and O–H groups in total. The van der Waals surface area contributed by atoms with Crippen molar-refractivity contribution >= 4 is 19.9 Å². The fraction of sp³-hybridized carbons (Fsp3) is 0.714. The molecule has 4 heteroatoms. The summed E-state index contributed by atoms with van der Waals surface area (Å²) in [6.07, 6.45) is 1.52. The lowest BCUT2D eigenvalue weighted by Crippen LogP contribution is -2.18. The first-order valence-electron chi connectivity index (χ1n) is 3.62. The first-order valence-corrected chi connectivity index (χ1v) is 3.62. The van der Waals surface area contributed by atoms with Gasteiger partial charge < -0.3 is 15.3 Å². The van der Waals surface area contributed by atoms with Gasteiger partial charge in [-0.05, 0) is 19.3 Å². The molecule has 1 atom stereocenters. The van der Waals surface area contributed by atoms with E-state index in [2.05, 4.69) is 0 Å². The molecule has 3 nitrogen and oxygen atoms in total. The average molecular weight is 153 g/mol. The average Bonchev–Trinajstić information content (AvgIpc) is 2.03. The van der Waals surface area contributed by atoms with Gasteiger partial charge in [0.05, 0.1) is 7.85 Å². The van der Waals surface area contributed by atoms with Crippen LogP contribution in [0.15, 0.2) is 0 Å². The molecule has 0 fully saturated rings. The van der Waals surface area contributed by atoms with Gasteiger partial charge in [-0.1, -0.05) is 0 Å². The van der Waals surface area contributed by atoms with E-state index in [1.807, 2.05) is 0 Å². The highest BCUT2D eigenvalue weighted by Crippen LogP contribution is 2.08. The van der Waals surface area contributed by atoms with Crippen LogP contribution < -0.4 is 5.73 Å². The van der Waals surface area contributed by atoms with Crippen LogP contribution in [0.3, 0.4) is 0 Å². The van der Waals surface area contributed by atoms with Crippen molar-refractivity contribution < 1.29 is 9.59 Å². The maximum Gasteiger partial charge on any atom is 0.127 e. The Morgan fingerprint density at radius 1 is 1.64 bits per heavy atom. The Morgan fingerprint density at radius 2 is 2.27 bits per heavy atom. The summed E-state index contributed by atoms with van der Waals surface area (Å²) in [6.45, 7) is 0.421. The second-order valence-electron chi connectivity index (χ2n) is 2.35. The standard InChI is InChI=1S/C7H12BNO2/c8-5-7(11)6(1-3-9)2-4-10/h4,6H,1-3,5,9H2. The van der Waals surface area contributed by atoms with Crippen LogP contribution in [0.5, 0.6) is 0 Å². The summed E-state index contributed by atoms with van der Waals surface area (Å²) < 4.78 is 0. The molecule has 1 unspecified atom stereocenters. The van der Waals surface area contributed by atoms with Gasteiger partial charge in [-0.2, -0.15) is 0 Å². The van der Waals surface area contributed by atoms with Crippen LogP contribution in [0.4, 0.5) is 0 Å². The Labute approximate surface area is 67.7 Å². The largest absolute Gasteiger partial charge is 0.330 e. The van der Waals surface area contributed by atoms with Crippen molar-refractivity contribution in [3.05, 3.63) is 0 Å². The molecule has 0 aromatic heterocycles. The zero-order chi connectivity index (χ0) is 8.69. The number of ketones is 1. The fourth-order valence-corrected chi connectivity index (χ4v) is 0.894. The maximum atomic E-state index is 11.0. The molecule has 0 amide bonds. The first-order chi connectivity index (χ1) is 5.26. The van der Waals surface area contributed by atoms with E-state index < -0.39 is 0 Å². The molecule has 0 bridgehead atoms. The molecule has 0 aliphatic carbocycles. The molecule has 2 radical (unpaired) electrons. The topological polar surface area (TPSA) is 60.2 Å². The van der Waals surface area contributed by atoms with Crippen molar-refractivity contribution in [1.29, 1.82) is 0 Å². The van der Waals surface area contributed by atoms with E-state index in [1.54, 1.807) is 0 Å². The quantitative estimate of drug-likeness (QED) is 0.420. The molecule has 0 rings (SSSR count). The third kappa shape index (κ3) is 3.93. The summed E-state index contributed by atoms with van der Waals surface area (Å²) in [5.41, 5.74) is 5.24. The lowest BCUT2D eigenvalue weighted by Gasteiger charge is -2.09. The summed E-state index contributed by atoms with van der Waals surface area (Å²) in [5.74, 6) is -0.343. The second kappa shape index (κ2) is 6.10. The van der Waals surface area contributed by atoms with E-state index >= 15 is 0 Å². The molecule has 60 valence electrons. The molecule has 0 saturated carbocycles. The lowest BCUT2D eigenvalue weighted by atomic mass is 9.88. The SMILES string of the molecule is [B]CC(=O)C(CC=O)CCN. The highest BCUT2D eigenvalue weighted by Gasteiger charge is 2.13. The third-order valence-corrected chi connectivity index (χ3v) is 1.55. The predicted molar refractivity (Wildman–Crippen MR) is 43.4 cm³/mol. The minimum atomic E-state index is -0.262. The number of Topliss-reactive ketones (excluding diaryl/α,β-unsaturated/α-hetero) is 1. The molecule has 0 spiro atoms. The molecule has 0 aromatic rings. The summed E-state index contributed by atoms with van der Waals surface area (Å²) in [7, 11) is 5.13. The van der Waals surface area contributed by atoms with E-state index in [1.165, 1.54) is 0 Å². The van der Waals surface area contributed by atoms with E-state index in [9.17, 15) is 9.59 Å². The normalized spacial score (nSPS) is 12.5. The van der Waals surface area contributed by atoms with Crippen LogP contribution in [0.25, 0.3) is 0 Å². The molecule has 0 saturated heterocycles. The fourth-order valence-electron chi connectivity index (χ4n) is 0.894. The first kappa shape index (κ1) is 10.4. The van der Waals surface area contributed by atoms with Gasteiger partial charge in [-0.15, -0.1) is 0 Å². The number of rotatable bonds is 6. The highest BCUT2D eigenvalue weighted by atomic mass is 16.1. The van der Waals surface area contributed by atoms with E-state index in [0.29, 0.717) is 13.0 Å². The van der Waals surface area contributed by atoms with E-state index in [4.69, 9.17) is 13.6 Å². The molecule has 0 aliphatic rings. The number of hydrogen-bond donors (Lipinski definition) is 1. The Morgan fingerprint density at radius 3 is 2.64 bits per heavy atom. The number of carbonyl (C=O) groups is 2. The minimum Gasteiger partial charge on any atom is -0.330 e. The number of aldehydes is 1. The van der Waals surface area contributed by atoms with Crippen molar-refractivity contribution in [1.82, 2.24) is 0 Å². The molecule has 11 heavy (non-hydrogen) atoms. The molecule has 0 aromatic carbocycles. The van der Waals surface area contributed by atoms with Gasteiger partial charge >= 0.3 is 0 Å². The Hall–Kier alpha value is -0.635. The van der Waals surface area contributed by atoms with E-state index in [0.717, 1.165) is 6.29 Å². The van der Waals surface area contributed by atoms with Crippen molar-refractivity contribution in [3.8, 4) is 0 Å². The van der Waals surface area contributed by atoms with Gasteiger partial charge in [0.25, 0.3) is 0 Å². The zero-order valence-corrected chi connectivity index (χ0v) is 6.45. The van der Waals surface area contributed by atoms with Gasteiger partial charge in [0, 0.05) is 12.3 Å². The Kier molecular flexibility index (Phi) is 5.75. The van der Waals surface area contributed by atoms with Crippen molar-refractivity contribution in [2.75, 3.05) is 6.54 Å². The summed E-state index contributed by atoms with van der Waals surface area (Å²) in [5, 5.41) is 0. The minimum absolute atomic E-state index is 0.00148. The molecule has 0 heterocycles. The van der Waals surface area contributed by atoms with Crippen LogP contribution in [-0.4, -0.2) is 26.5 Å². The highest BCUT2D eigenvalue weighted by molar-refractivity contribution is 6.20. The van der Waals surface area contributed by atoms with Crippen LogP contribution in [0.2, 0.25) is 6.32 Å². The van der Waals surface area contributed by atoms with Crippen molar-refractivity contribution in [2.24, 2.45) is 11.7 Å². The third-order valence-electron chi connectivity index (χ3n) is 1.55. The monoisotopic (exact) mass is 153 g/mol. The summed E-state index contributed by atoms with van der Waals surface area (Å²) in [4.78, 5) is 21.0. The van der Waals surface area contributed by atoms with Crippen LogP contribution >= 0.6 is 0 Å². The predicted octanol–water partition coefficient (Wildman–Crippen LogP) is -0.304. The number of hydrogen-bond acceptors (Lipinski definition) is 3. The van der Waals surface area contributed by atoms with Crippen molar-refractivity contribution in [3.63, 3.8) is 0 Å². The van der Waals surface area contributed by atoms with Crippen molar-refractivity contribution in [2.45, 2.75) is 19.2 Å². The lowest BCUT2D eigenvalue weighted by molar-refractivity contribution is -0.123. The molecular weight excluding hydrogens is 141 g/mol. The van der Waals surface area contributed by atoms with Gasteiger partial charge in [-0.25, -0.2) is 0 Å². The zero-order valence-electron chi connectivity index (χ0n) is 6.45. The summed E-state index contributed by atoms with van der Waals surface area (Å²) >= 11 is 0. The Balaban J connectivity index is 3.86. The molecular formula is C7H12BNO2. The second-order valence-corrected chi connectivity index (χ2v) is 2.35. The van der Waals surface area contributed by atoms with Gasteiger partial charge in [0.1, 0.15) is 12.1 Å². The maximum absolute atomic E-state index is 11.0. The van der Waals surface area contributed by atoms with Gasteiger partial charge in [0.2, 0.25) is 0 Å². The summed E-state index contributed by atoms with van der Waals surface area (Å²) in [6, 6.07) is 0. The van der Waals surface area contributed by atoms with Crippen LogP contribution in [-0.2, 0) is 9.59 Å². The number of nitrogens with two attached hydrogens (primary N) is 1. The Bertz CT molecular complexity index is 138. The molecule has 0 aliphatic heterocycles. The van der Waals surface area contributed by atoms with Crippen LogP contribution in [0, 0.1) is 5.92 Å². The number of carbonyl (C=O) groups excluding carboxylic acids is 2.